The third-order valence-corrected chi connectivity index (χ3v) is 4.83. The summed E-state index contributed by atoms with van der Waals surface area (Å²) in [6.45, 7) is 6.10. The van der Waals surface area contributed by atoms with Gasteiger partial charge in [0.05, 0.1) is 6.54 Å². The highest BCUT2D eigenvalue weighted by Crippen LogP contribution is 2.21. The number of carbonyl (C=O) groups excluding carboxylic acids is 2. The fourth-order valence-electron chi connectivity index (χ4n) is 3.53. The zero-order valence-corrected chi connectivity index (χ0v) is 15.0. The highest BCUT2D eigenvalue weighted by Gasteiger charge is 2.32. The summed E-state index contributed by atoms with van der Waals surface area (Å²) in [5.41, 5.74) is 1.80. The van der Waals surface area contributed by atoms with Crippen molar-refractivity contribution in [1.82, 2.24) is 20.2 Å². The second kappa shape index (κ2) is 7.91. The molecule has 7 heteroatoms. The molecule has 3 rings (SSSR count). The lowest BCUT2D eigenvalue weighted by molar-refractivity contribution is -0.143. The third-order valence-electron chi connectivity index (χ3n) is 4.83. The Kier molecular flexibility index (Phi) is 5.63. The smallest absolute Gasteiger partial charge is 0.251 e. The average Bonchev–Trinajstić information content (AvgIpc) is 3.13. The van der Waals surface area contributed by atoms with Crippen LogP contribution in [0.1, 0.15) is 42.9 Å². The van der Waals surface area contributed by atoms with Crippen LogP contribution in [0.4, 0.5) is 0 Å². The lowest BCUT2D eigenvalue weighted by Crippen LogP contribution is -2.46. The predicted molar refractivity (Wildman–Crippen MR) is 91.6 cm³/mol. The van der Waals surface area contributed by atoms with Gasteiger partial charge in [0.1, 0.15) is 11.9 Å². The van der Waals surface area contributed by atoms with Crippen LogP contribution in [0, 0.1) is 19.8 Å². The van der Waals surface area contributed by atoms with Gasteiger partial charge in [0.25, 0.3) is 5.91 Å². The van der Waals surface area contributed by atoms with Gasteiger partial charge in [-0.15, -0.1) is 0 Å². The number of carbonyl (C=O) groups is 2. The lowest BCUT2D eigenvalue weighted by Gasteiger charge is -2.32. The molecule has 2 aliphatic rings. The Morgan fingerprint density at radius 1 is 1.20 bits per heavy atom. The topological polar surface area (TPSA) is 84.4 Å². The SMILES string of the molecule is Cc1cc(C)nc(CNC(=O)C2CCN(C(=O)[C@@H]3CCCO3)CC2)n1. The molecule has 0 spiro atoms. The number of ether oxygens (including phenoxy) is 1. The van der Waals surface area contributed by atoms with Crippen LogP contribution in [0.15, 0.2) is 6.07 Å². The Bertz CT molecular complexity index is 615. The van der Waals surface area contributed by atoms with Gasteiger partial charge in [-0.2, -0.15) is 0 Å². The maximum absolute atomic E-state index is 12.4. The van der Waals surface area contributed by atoms with Gasteiger partial charge in [0.2, 0.25) is 5.91 Å². The second-order valence-corrected chi connectivity index (χ2v) is 6.89. The molecule has 0 aromatic carbocycles. The summed E-state index contributed by atoms with van der Waals surface area (Å²) in [7, 11) is 0. The van der Waals surface area contributed by atoms with E-state index in [1.165, 1.54) is 0 Å². The summed E-state index contributed by atoms with van der Waals surface area (Å²) in [5.74, 6) is 0.684. The molecule has 0 saturated carbocycles. The molecule has 0 aliphatic carbocycles. The first-order chi connectivity index (χ1) is 12.0. The monoisotopic (exact) mass is 346 g/mol. The van der Waals surface area contributed by atoms with Crippen molar-refractivity contribution in [1.29, 1.82) is 0 Å². The van der Waals surface area contributed by atoms with Crippen molar-refractivity contribution in [3.8, 4) is 0 Å². The molecule has 2 aliphatic heterocycles. The highest BCUT2D eigenvalue weighted by molar-refractivity contribution is 5.82. The number of aryl methyl sites for hydroxylation is 2. The maximum atomic E-state index is 12.4. The number of likely N-dealkylation sites (tertiary alicyclic amines) is 1. The molecule has 2 saturated heterocycles. The molecular weight excluding hydrogens is 320 g/mol. The van der Waals surface area contributed by atoms with Crippen LogP contribution in [0.25, 0.3) is 0 Å². The molecule has 0 unspecified atom stereocenters. The van der Waals surface area contributed by atoms with Crippen molar-refractivity contribution < 1.29 is 14.3 Å². The zero-order chi connectivity index (χ0) is 17.8. The average molecular weight is 346 g/mol. The molecule has 2 fully saturated rings. The summed E-state index contributed by atoms with van der Waals surface area (Å²) >= 11 is 0. The summed E-state index contributed by atoms with van der Waals surface area (Å²) in [5, 5.41) is 2.93. The number of nitrogens with one attached hydrogen (secondary N) is 1. The first-order valence-electron chi connectivity index (χ1n) is 9.02. The summed E-state index contributed by atoms with van der Waals surface area (Å²) < 4.78 is 5.46. The van der Waals surface area contributed by atoms with Crippen LogP contribution in [-0.4, -0.2) is 52.5 Å². The first kappa shape index (κ1) is 17.8. The number of hydrogen-bond donors (Lipinski definition) is 1. The van der Waals surface area contributed by atoms with Crippen LogP contribution in [0.2, 0.25) is 0 Å². The van der Waals surface area contributed by atoms with Gasteiger partial charge in [0.15, 0.2) is 0 Å². The van der Waals surface area contributed by atoms with Gasteiger partial charge in [-0.3, -0.25) is 9.59 Å². The van der Waals surface area contributed by atoms with Crippen molar-refractivity contribution in [2.24, 2.45) is 5.92 Å². The van der Waals surface area contributed by atoms with Gasteiger partial charge in [0, 0.05) is 37.0 Å². The van der Waals surface area contributed by atoms with E-state index in [-0.39, 0.29) is 23.8 Å². The number of piperidine rings is 1. The van der Waals surface area contributed by atoms with Gasteiger partial charge in [-0.1, -0.05) is 0 Å². The number of aromatic nitrogens is 2. The van der Waals surface area contributed by atoms with E-state index < -0.39 is 0 Å². The number of hydrogen-bond acceptors (Lipinski definition) is 5. The van der Waals surface area contributed by atoms with E-state index in [0.29, 0.717) is 44.9 Å². The van der Waals surface area contributed by atoms with Gasteiger partial charge in [-0.25, -0.2) is 9.97 Å². The standard InChI is InChI=1S/C18H26N4O3/c1-12-10-13(2)21-16(20-12)11-19-17(23)14-5-7-22(8-6-14)18(24)15-4-3-9-25-15/h10,14-15H,3-9,11H2,1-2H3,(H,19,23)/t15-/m0/s1. The molecule has 25 heavy (non-hydrogen) atoms. The molecule has 7 nitrogen and oxygen atoms in total. The fraction of sp³-hybridized carbons (Fsp3) is 0.667. The second-order valence-electron chi connectivity index (χ2n) is 6.89. The van der Waals surface area contributed by atoms with Crippen molar-refractivity contribution in [2.45, 2.75) is 52.2 Å². The van der Waals surface area contributed by atoms with E-state index in [9.17, 15) is 9.59 Å². The molecule has 1 aromatic rings. The van der Waals surface area contributed by atoms with E-state index in [1.807, 2.05) is 24.8 Å². The molecule has 0 bridgehead atoms. The van der Waals surface area contributed by atoms with Crippen molar-refractivity contribution in [3.05, 3.63) is 23.3 Å². The number of amides is 2. The van der Waals surface area contributed by atoms with Crippen molar-refractivity contribution in [2.75, 3.05) is 19.7 Å². The van der Waals surface area contributed by atoms with Crippen LogP contribution in [0.5, 0.6) is 0 Å². The van der Waals surface area contributed by atoms with Crippen molar-refractivity contribution >= 4 is 11.8 Å². The summed E-state index contributed by atoms with van der Waals surface area (Å²) in [4.78, 5) is 35.2. The van der Waals surface area contributed by atoms with E-state index >= 15 is 0 Å². The summed E-state index contributed by atoms with van der Waals surface area (Å²) in [6, 6.07) is 1.91. The largest absolute Gasteiger partial charge is 0.368 e. The summed E-state index contributed by atoms with van der Waals surface area (Å²) in [6.07, 6.45) is 2.88. The first-order valence-corrected chi connectivity index (χ1v) is 9.02. The molecule has 136 valence electrons. The predicted octanol–water partition coefficient (Wildman–Crippen LogP) is 1.13. The zero-order valence-electron chi connectivity index (χ0n) is 15.0. The quantitative estimate of drug-likeness (QED) is 0.883. The third kappa shape index (κ3) is 4.54. The number of rotatable bonds is 4. The Morgan fingerprint density at radius 3 is 2.48 bits per heavy atom. The molecule has 3 heterocycles. The molecule has 1 aromatic heterocycles. The molecule has 0 radical (unpaired) electrons. The van der Waals surface area contributed by atoms with Crippen LogP contribution in [-0.2, 0) is 20.9 Å². The van der Waals surface area contributed by atoms with Crippen LogP contribution < -0.4 is 5.32 Å². The Hall–Kier alpha value is -2.02. The minimum absolute atomic E-state index is 0.0203. The minimum Gasteiger partial charge on any atom is -0.368 e. The van der Waals surface area contributed by atoms with E-state index in [2.05, 4.69) is 15.3 Å². The Balaban J connectivity index is 1.45. The van der Waals surface area contributed by atoms with Crippen LogP contribution >= 0.6 is 0 Å². The molecule has 1 atom stereocenters. The van der Waals surface area contributed by atoms with Crippen molar-refractivity contribution in [3.63, 3.8) is 0 Å². The lowest BCUT2D eigenvalue weighted by atomic mass is 9.95. The van der Waals surface area contributed by atoms with E-state index in [1.54, 1.807) is 0 Å². The van der Waals surface area contributed by atoms with E-state index in [0.717, 1.165) is 24.2 Å². The normalized spacial score (nSPS) is 21.4. The van der Waals surface area contributed by atoms with E-state index in [4.69, 9.17) is 4.74 Å². The molecular formula is C18H26N4O3. The Labute approximate surface area is 148 Å². The minimum atomic E-state index is -0.271. The van der Waals surface area contributed by atoms with Crippen LogP contribution in [0.3, 0.4) is 0 Å². The molecule has 1 N–H and O–H groups in total. The van der Waals surface area contributed by atoms with Gasteiger partial charge in [-0.05, 0) is 45.6 Å². The fourth-order valence-corrected chi connectivity index (χ4v) is 3.53. The maximum Gasteiger partial charge on any atom is 0.251 e. The highest BCUT2D eigenvalue weighted by atomic mass is 16.5. The number of nitrogens with zero attached hydrogens (tertiary/aromatic N) is 3. The Morgan fingerprint density at radius 2 is 1.88 bits per heavy atom. The van der Waals surface area contributed by atoms with Gasteiger partial charge < -0.3 is 15.0 Å². The molecule has 2 amide bonds. The van der Waals surface area contributed by atoms with Gasteiger partial charge >= 0.3 is 0 Å².